The molecule has 152 valence electrons. The molecule has 0 spiro atoms. The number of aromatic nitrogens is 2. The number of ether oxygens (including phenoxy) is 1. The minimum atomic E-state index is -0.185. The Morgan fingerprint density at radius 1 is 1.10 bits per heavy atom. The van der Waals surface area contributed by atoms with Gasteiger partial charge in [0, 0.05) is 17.1 Å². The van der Waals surface area contributed by atoms with Crippen LogP contribution in [0.15, 0.2) is 78.0 Å². The molecule has 0 atom stereocenters. The van der Waals surface area contributed by atoms with Gasteiger partial charge in [0.1, 0.15) is 16.8 Å². The van der Waals surface area contributed by atoms with Crippen molar-refractivity contribution in [2.75, 3.05) is 18.2 Å². The van der Waals surface area contributed by atoms with Crippen LogP contribution in [0.25, 0.3) is 22.2 Å². The van der Waals surface area contributed by atoms with E-state index in [1.807, 2.05) is 54.6 Å². The van der Waals surface area contributed by atoms with Gasteiger partial charge in [0.25, 0.3) is 0 Å². The summed E-state index contributed by atoms with van der Waals surface area (Å²) in [5, 5.41) is 13.8. The molecule has 4 aromatic rings. The van der Waals surface area contributed by atoms with E-state index in [0.717, 1.165) is 16.5 Å². The molecule has 0 radical (unpaired) electrons. The zero-order valence-electron chi connectivity index (χ0n) is 16.7. The van der Waals surface area contributed by atoms with Crippen molar-refractivity contribution in [3.63, 3.8) is 0 Å². The maximum Gasteiger partial charge on any atom is 0.234 e. The number of amides is 1. The number of nitrogens with one attached hydrogen (secondary N) is 1. The number of para-hydroxylation sites is 1. The van der Waals surface area contributed by atoms with Crippen LogP contribution in [0.5, 0.6) is 5.75 Å². The van der Waals surface area contributed by atoms with E-state index in [2.05, 4.69) is 21.4 Å². The van der Waals surface area contributed by atoms with Gasteiger partial charge in [0.15, 0.2) is 0 Å². The normalized spacial score (nSPS) is 10.5. The average molecular weight is 427 g/mol. The van der Waals surface area contributed by atoms with E-state index >= 15 is 0 Å². The summed E-state index contributed by atoms with van der Waals surface area (Å²) >= 11 is 1.22. The summed E-state index contributed by atoms with van der Waals surface area (Å²) in [4.78, 5) is 21.5. The third-order valence-corrected chi connectivity index (χ3v) is 5.61. The molecule has 0 aliphatic rings. The monoisotopic (exact) mass is 426 g/mol. The van der Waals surface area contributed by atoms with Crippen molar-refractivity contribution < 1.29 is 9.53 Å². The smallest absolute Gasteiger partial charge is 0.234 e. The first-order valence-electron chi connectivity index (χ1n) is 9.50. The van der Waals surface area contributed by atoms with Gasteiger partial charge in [0.05, 0.1) is 35.3 Å². The molecule has 0 fully saturated rings. The van der Waals surface area contributed by atoms with Crippen LogP contribution in [0.1, 0.15) is 5.56 Å². The highest BCUT2D eigenvalue weighted by atomic mass is 32.2. The van der Waals surface area contributed by atoms with Crippen LogP contribution in [-0.2, 0) is 4.79 Å². The minimum absolute atomic E-state index is 0.119. The van der Waals surface area contributed by atoms with Gasteiger partial charge >= 0.3 is 0 Å². The second kappa shape index (κ2) is 9.28. The van der Waals surface area contributed by atoms with E-state index in [1.165, 1.54) is 11.8 Å². The standard InChI is InChI=1S/C24H18N4O2S/c1-30-22-10-3-2-6-18(22)21-12-11-16(14-25)24(28-21)31-15-23(29)27-20-9-4-8-19-17(20)7-5-13-26-19/h2-13H,15H2,1H3,(H,27,29). The first-order valence-corrected chi connectivity index (χ1v) is 10.5. The fourth-order valence-corrected chi connectivity index (χ4v) is 3.95. The van der Waals surface area contributed by atoms with Gasteiger partial charge in [-0.15, -0.1) is 0 Å². The molecule has 2 aromatic heterocycles. The molecule has 0 bridgehead atoms. The molecule has 2 heterocycles. The topological polar surface area (TPSA) is 87.9 Å². The lowest BCUT2D eigenvalue weighted by molar-refractivity contribution is -0.113. The summed E-state index contributed by atoms with van der Waals surface area (Å²) in [5.74, 6) is 0.626. The first kappa shape index (κ1) is 20.4. The number of carbonyl (C=O) groups excluding carboxylic acids is 1. The second-order valence-corrected chi connectivity index (χ2v) is 7.54. The fourth-order valence-electron chi connectivity index (χ4n) is 3.17. The molecule has 1 amide bonds. The Hall–Kier alpha value is -3.89. The van der Waals surface area contributed by atoms with Gasteiger partial charge in [0.2, 0.25) is 5.91 Å². The average Bonchev–Trinajstić information content (AvgIpc) is 2.82. The number of hydrogen-bond donors (Lipinski definition) is 1. The second-order valence-electron chi connectivity index (χ2n) is 6.57. The molecular formula is C24H18N4O2S. The van der Waals surface area contributed by atoms with Crippen molar-refractivity contribution in [3.8, 4) is 23.1 Å². The quantitative estimate of drug-likeness (QED) is 0.441. The number of hydrogen-bond acceptors (Lipinski definition) is 6. The zero-order valence-corrected chi connectivity index (χ0v) is 17.5. The van der Waals surface area contributed by atoms with E-state index in [0.29, 0.717) is 27.7 Å². The molecule has 6 nitrogen and oxygen atoms in total. The number of thioether (sulfide) groups is 1. The molecule has 0 unspecified atom stereocenters. The predicted octanol–water partition coefficient (Wildman–Crippen LogP) is 4.91. The Morgan fingerprint density at radius 3 is 2.81 bits per heavy atom. The number of benzene rings is 2. The van der Waals surface area contributed by atoms with Gasteiger partial charge in [-0.2, -0.15) is 5.26 Å². The summed E-state index contributed by atoms with van der Waals surface area (Å²) in [5.41, 5.74) is 3.44. The van der Waals surface area contributed by atoms with E-state index in [-0.39, 0.29) is 11.7 Å². The SMILES string of the molecule is COc1ccccc1-c1ccc(C#N)c(SCC(=O)Nc2cccc3ncccc23)n1. The Balaban J connectivity index is 1.53. The van der Waals surface area contributed by atoms with E-state index in [9.17, 15) is 10.1 Å². The Morgan fingerprint density at radius 2 is 1.97 bits per heavy atom. The van der Waals surface area contributed by atoms with Gasteiger partial charge in [-0.25, -0.2) is 4.98 Å². The van der Waals surface area contributed by atoms with E-state index in [1.54, 1.807) is 25.4 Å². The molecule has 0 aliphatic carbocycles. The lowest BCUT2D eigenvalue weighted by atomic mass is 10.1. The number of nitriles is 1. The molecule has 7 heteroatoms. The van der Waals surface area contributed by atoms with Crippen LogP contribution in [-0.4, -0.2) is 28.7 Å². The number of nitrogens with zero attached hydrogens (tertiary/aromatic N) is 3. The van der Waals surface area contributed by atoms with Gasteiger partial charge < -0.3 is 10.1 Å². The number of carbonyl (C=O) groups is 1. The van der Waals surface area contributed by atoms with E-state index < -0.39 is 0 Å². The molecule has 0 aliphatic heterocycles. The highest BCUT2D eigenvalue weighted by molar-refractivity contribution is 8.00. The van der Waals surface area contributed by atoms with E-state index in [4.69, 9.17) is 4.74 Å². The third-order valence-electron chi connectivity index (χ3n) is 4.62. The largest absolute Gasteiger partial charge is 0.496 e. The maximum atomic E-state index is 12.6. The van der Waals surface area contributed by atoms with Crippen LogP contribution in [0.2, 0.25) is 0 Å². The summed E-state index contributed by atoms with van der Waals surface area (Å²) in [7, 11) is 1.60. The zero-order chi connectivity index (χ0) is 21.6. The number of anilines is 1. The van der Waals surface area contributed by atoms with Crippen molar-refractivity contribution in [1.82, 2.24) is 9.97 Å². The van der Waals surface area contributed by atoms with Crippen LogP contribution < -0.4 is 10.1 Å². The molecular weight excluding hydrogens is 408 g/mol. The Kier molecular flexibility index (Phi) is 6.11. The lowest BCUT2D eigenvalue weighted by Crippen LogP contribution is -2.14. The Bertz CT molecular complexity index is 1300. The molecule has 0 saturated carbocycles. The van der Waals surface area contributed by atoms with Gasteiger partial charge in [-0.3, -0.25) is 9.78 Å². The van der Waals surface area contributed by atoms with Crippen molar-refractivity contribution in [2.45, 2.75) is 5.03 Å². The van der Waals surface area contributed by atoms with Crippen molar-refractivity contribution in [3.05, 3.63) is 78.5 Å². The Labute approximate surface area is 183 Å². The van der Waals surface area contributed by atoms with Crippen LogP contribution in [0.4, 0.5) is 5.69 Å². The fraction of sp³-hybridized carbons (Fsp3) is 0.0833. The minimum Gasteiger partial charge on any atom is -0.496 e. The van der Waals surface area contributed by atoms with Crippen LogP contribution >= 0.6 is 11.8 Å². The highest BCUT2D eigenvalue weighted by Gasteiger charge is 2.13. The predicted molar refractivity (Wildman–Crippen MR) is 122 cm³/mol. The maximum absolute atomic E-state index is 12.6. The highest BCUT2D eigenvalue weighted by Crippen LogP contribution is 2.31. The summed E-state index contributed by atoms with van der Waals surface area (Å²) < 4.78 is 5.41. The molecule has 1 N–H and O–H groups in total. The lowest BCUT2D eigenvalue weighted by Gasteiger charge is -2.11. The number of rotatable bonds is 6. The van der Waals surface area contributed by atoms with Crippen LogP contribution in [0, 0.1) is 11.3 Å². The van der Waals surface area contributed by atoms with Crippen molar-refractivity contribution in [1.29, 1.82) is 5.26 Å². The van der Waals surface area contributed by atoms with Gasteiger partial charge in [-0.05, 0) is 48.5 Å². The molecule has 2 aromatic carbocycles. The van der Waals surface area contributed by atoms with Crippen molar-refractivity contribution >= 4 is 34.3 Å². The summed E-state index contributed by atoms with van der Waals surface area (Å²) in [6.45, 7) is 0. The summed E-state index contributed by atoms with van der Waals surface area (Å²) in [6, 6.07) is 22.5. The van der Waals surface area contributed by atoms with Crippen molar-refractivity contribution in [2.24, 2.45) is 0 Å². The van der Waals surface area contributed by atoms with Gasteiger partial charge in [-0.1, -0.05) is 30.0 Å². The molecule has 0 saturated heterocycles. The third kappa shape index (κ3) is 4.49. The molecule has 4 rings (SSSR count). The number of methoxy groups -OCH3 is 1. The number of fused-ring (bicyclic) bond motifs is 1. The first-order chi connectivity index (χ1) is 15.2. The summed E-state index contributed by atoms with van der Waals surface area (Å²) in [6.07, 6.45) is 1.72. The molecule has 31 heavy (non-hydrogen) atoms. The van der Waals surface area contributed by atoms with Crippen LogP contribution in [0.3, 0.4) is 0 Å². The number of pyridine rings is 2.